The van der Waals surface area contributed by atoms with E-state index in [0.717, 1.165) is 18.0 Å². The van der Waals surface area contributed by atoms with Crippen molar-refractivity contribution in [3.8, 4) is 0 Å². The van der Waals surface area contributed by atoms with Crippen LogP contribution in [-0.2, 0) is 6.42 Å². The van der Waals surface area contributed by atoms with Crippen LogP contribution in [0, 0.1) is 0 Å². The molecule has 0 aliphatic carbocycles. The van der Waals surface area contributed by atoms with Crippen LogP contribution in [0.5, 0.6) is 0 Å². The van der Waals surface area contributed by atoms with Crippen molar-refractivity contribution in [1.82, 2.24) is 5.32 Å². The number of unbranched alkanes of at least 4 members (excludes halogenated alkanes) is 1. The number of hydrogen-bond acceptors (Lipinski definition) is 1. The summed E-state index contributed by atoms with van der Waals surface area (Å²) in [5.74, 6) is 0. The number of aryl methyl sites for hydroxylation is 1. The smallest absolute Gasteiger partial charge is 0.0409 e. The monoisotopic (exact) mass is 287 g/mol. The van der Waals surface area contributed by atoms with Crippen LogP contribution in [0.1, 0.15) is 36.9 Å². The number of halogens is 1. The maximum atomic E-state index is 6.01. The topological polar surface area (TPSA) is 12.0 Å². The highest BCUT2D eigenvalue weighted by Crippen LogP contribution is 2.17. The van der Waals surface area contributed by atoms with Gasteiger partial charge in [0, 0.05) is 11.1 Å². The summed E-state index contributed by atoms with van der Waals surface area (Å²) in [4.78, 5) is 0. The van der Waals surface area contributed by atoms with Gasteiger partial charge in [0.05, 0.1) is 0 Å². The predicted molar refractivity (Wildman–Crippen MR) is 87.2 cm³/mol. The molecule has 0 heterocycles. The maximum absolute atomic E-state index is 6.01. The number of hydrogen-bond donors (Lipinski definition) is 1. The van der Waals surface area contributed by atoms with Crippen molar-refractivity contribution >= 4 is 11.6 Å². The van der Waals surface area contributed by atoms with Gasteiger partial charge in [0.1, 0.15) is 0 Å². The van der Waals surface area contributed by atoms with E-state index in [9.17, 15) is 0 Å². The molecule has 0 radical (unpaired) electrons. The zero-order valence-corrected chi connectivity index (χ0v) is 12.7. The Morgan fingerprint density at radius 1 is 1.00 bits per heavy atom. The zero-order valence-electron chi connectivity index (χ0n) is 12.0. The Morgan fingerprint density at radius 3 is 2.55 bits per heavy atom. The van der Waals surface area contributed by atoms with Crippen LogP contribution in [0.4, 0.5) is 0 Å². The van der Waals surface area contributed by atoms with Crippen LogP contribution < -0.4 is 5.32 Å². The molecule has 2 heteroatoms. The molecule has 1 N–H and O–H groups in total. The van der Waals surface area contributed by atoms with Gasteiger partial charge in [-0.3, -0.25) is 0 Å². The molecule has 0 saturated carbocycles. The van der Waals surface area contributed by atoms with Crippen molar-refractivity contribution in [2.24, 2.45) is 0 Å². The van der Waals surface area contributed by atoms with Gasteiger partial charge in [-0.1, -0.05) is 54.1 Å². The number of rotatable bonds is 7. The quantitative estimate of drug-likeness (QED) is 0.706. The first-order valence-electron chi connectivity index (χ1n) is 7.28. The number of benzene rings is 2. The van der Waals surface area contributed by atoms with E-state index in [0.29, 0.717) is 6.04 Å². The summed E-state index contributed by atoms with van der Waals surface area (Å²) in [6.45, 7) is 3.23. The minimum absolute atomic E-state index is 0.352. The fraction of sp³-hybridized carbons (Fsp3) is 0.333. The van der Waals surface area contributed by atoms with E-state index < -0.39 is 0 Å². The van der Waals surface area contributed by atoms with E-state index in [4.69, 9.17) is 11.6 Å². The summed E-state index contributed by atoms with van der Waals surface area (Å²) in [6, 6.07) is 19.1. The van der Waals surface area contributed by atoms with Gasteiger partial charge >= 0.3 is 0 Å². The van der Waals surface area contributed by atoms with E-state index >= 15 is 0 Å². The molecular formula is C18H22ClN. The molecule has 2 rings (SSSR count). The molecule has 106 valence electrons. The largest absolute Gasteiger partial charge is 0.310 e. The van der Waals surface area contributed by atoms with Crippen LogP contribution in [0.15, 0.2) is 54.6 Å². The van der Waals surface area contributed by atoms with Crippen molar-refractivity contribution in [3.63, 3.8) is 0 Å². The molecule has 0 aliphatic rings. The van der Waals surface area contributed by atoms with E-state index in [1.54, 1.807) is 0 Å². The highest BCUT2D eigenvalue weighted by atomic mass is 35.5. The zero-order chi connectivity index (χ0) is 14.2. The molecule has 20 heavy (non-hydrogen) atoms. The van der Waals surface area contributed by atoms with Crippen LogP contribution in [0.2, 0.25) is 5.02 Å². The van der Waals surface area contributed by atoms with Crippen molar-refractivity contribution in [2.75, 3.05) is 6.54 Å². The van der Waals surface area contributed by atoms with Gasteiger partial charge in [-0.25, -0.2) is 0 Å². The van der Waals surface area contributed by atoms with Gasteiger partial charge in [-0.15, -0.1) is 0 Å². The molecule has 2 aromatic rings. The minimum atomic E-state index is 0.352. The average Bonchev–Trinajstić information content (AvgIpc) is 2.48. The second kappa shape index (κ2) is 8.08. The van der Waals surface area contributed by atoms with Gasteiger partial charge in [0.25, 0.3) is 0 Å². The lowest BCUT2D eigenvalue weighted by atomic mass is 10.1. The van der Waals surface area contributed by atoms with E-state index in [-0.39, 0.29) is 0 Å². The van der Waals surface area contributed by atoms with Gasteiger partial charge < -0.3 is 5.32 Å². The standard InChI is InChI=1S/C18H22ClN/c1-15(17-11-7-12-18(19)14-17)20-13-6-5-10-16-8-3-2-4-9-16/h2-4,7-9,11-12,14-15,20H,5-6,10,13H2,1H3/t15-/m0/s1. The molecule has 0 fully saturated rings. The van der Waals surface area contributed by atoms with Crippen LogP contribution in [0.3, 0.4) is 0 Å². The summed E-state index contributed by atoms with van der Waals surface area (Å²) < 4.78 is 0. The molecule has 0 saturated heterocycles. The summed E-state index contributed by atoms with van der Waals surface area (Å²) in [7, 11) is 0. The second-order valence-electron chi connectivity index (χ2n) is 5.17. The molecule has 0 bridgehead atoms. The molecule has 0 aliphatic heterocycles. The van der Waals surface area contributed by atoms with Crippen LogP contribution in [0.25, 0.3) is 0 Å². The first-order valence-corrected chi connectivity index (χ1v) is 7.66. The fourth-order valence-corrected chi connectivity index (χ4v) is 2.51. The Morgan fingerprint density at radius 2 is 1.80 bits per heavy atom. The lowest BCUT2D eigenvalue weighted by Gasteiger charge is -2.14. The van der Waals surface area contributed by atoms with E-state index in [1.807, 2.05) is 18.2 Å². The Kier molecular flexibility index (Phi) is 6.10. The third-order valence-corrected chi connectivity index (χ3v) is 3.77. The van der Waals surface area contributed by atoms with Gasteiger partial charge in [-0.05, 0) is 56.0 Å². The number of nitrogens with one attached hydrogen (secondary N) is 1. The van der Waals surface area contributed by atoms with E-state index in [1.165, 1.54) is 24.0 Å². The van der Waals surface area contributed by atoms with Crippen LogP contribution >= 0.6 is 11.6 Å². The molecule has 0 spiro atoms. The Hall–Kier alpha value is -1.31. The van der Waals surface area contributed by atoms with Crippen molar-refractivity contribution in [1.29, 1.82) is 0 Å². The highest BCUT2D eigenvalue weighted by Gasteiger charge is 2.04. The van der Waals surface area contributed by atoms with Gasteiger partial charge in [0.15, 0.2) is 0 Å². The summed E-state index contributed by atoms with van der Waals surface area (Å²) >= 11 is 6.01. The average molecular weight is 288 g/mol. The summed E-state index contributed by atoms with van der Waals surface area (Å²) in [5, 5.41) is 4.36. The second-order valence-corrected chi connectivity index (χ2v) is 5.61. The lowest BCUT2D eigenvalue weighted by molar-refractivity contribution is 0.546. The fourth-order valence-electron chi connectivity index (χ4n) is 2.31. The Bertz CT molecular complexity index is 510. The SMILES string of the molecule is C[C@H](NCCCCc1ccccc1)c1cccc(Cl)c1. The van der Waals surface area contributed by atoms with Crippen molar-refractivity contribution in [2.45, 2.75) is 32.2 Å². The third kappa shape index (κ3) is 4.99. The molecule has 0 unspecified atom stereocenters. The molecule has 0 aromatic heterocycles. The molecule has 2 aromatic carbocycles. The predicted octanol–water partition coefficient (Wildman–Crippen LogP) is 5.01. The molecule has 1 atom stereocenters. The Balaban J connectivity index is 1.66. The van der Waals surface area contributed by atoms with Gasteiger partial charge in [0.2, 0.25) is 0 Å². The highest BCUT2D eigenvalue weighted by molar-refractivity contribution is 6.30. The first-order chi connectivity index (χ1) is 9.75. The summed E-state index contributed by atoms with van der Waals surface area (Å²) in [5.41, 5.74) is 2.68. The molecule has 0 amide bonds. The van der Waals surface area contributed by atoms with Crippen molar-refractivity contribution < 1.29 is 0 Å². The third-order valence-electron chi connectivity index (χ3n) is 3.53. The first kappa shape index (κ1) is 15.1. The molecule has 1 nitrogen and oxygen atoms in total. The normalized spacial score (nSPS) is 12.3. The van der Waals surface area contributed by atoms with Gasteiger partial charge in [-0.2, -0.15) is 0 Å². The minimum Gasteiger partial charge on any atom is -0.310 e. The molecular weight excluding hydrogens is 266 g/mol. The summed E-state index contributed by atoms with van der Waals surface area (Å²) in [6.07, 6.45) is 3.58. The van der Waals surface area contributed by atoms with Crippen LogP contribution in [-0.4, -0.2) is 6.54 Å². The maximum Gasteiger partial charge on any atom is 0.0409 e. The Labute approximate surface area is 127 Å². The van der Waals surface area contributed by atoms with Crippen molar-refractivity contribution in [3.05, 3.63) is 70.7 Å². The lowest BCUT2D eigenvalue weighted by Crippen LogP contribution is -2.19. The van der Waals surface area contributed by atoms with E-state index in [2.05, 4.69) is 48.6 Å².